The van der Waals surface area contributed by atoms with Crippen molar-refractivity contribution in [2.75, 3.05) is 6.26 Å². The second-order valence-corrected chi connectivity index (χ2v) is 9.89. The van der Waals surface area contributed by atoms with Gasteiger partial charge in [-0.1, -0.05) is 13.0 Å². The summed E-state index contributed by atoms with van der Waals surface area (Å²) in [4.78, 5) is 37.3. The average molecular weight is 448 g/mol. The predicted octanol–water partition coefficient (Wildman–Crippen LogP) is 2.53. The van der Waals surface area contributed by atoms with Gasteiger partial charge in [-0.15, -0.1) is 0 Å². The Morgan fingerprint density at radius 2 is 1.68 bits per heavy atom. The van der Waals surface area contributed by atoms with Crippen LogP contribution in [-0.4, -0.2) is 42.9 Å². The van der Waals surface area contributed by atoms with Gasteiger partial charge in [-0.3, -0.25) is 19.0 Å². The number of sulfone groups is 1. The van der Waals surface area contributed by atoms with E-state index in [1.807, 2.05) is 0 Å². The van der Waals surface area contributed by atoms with Gasteiger partial charge in [0.25, 0.3) is 11.7 Å². The number of carbonyl (C=O) groups is 3. The summed E-state index contributed by atoms with van der Waals surface area (Å²) < 4.78 is 36.9. The lowest BCUT2D eigenvalue weighted by Crippen LogP contribution is -2.46. The van der Waals surface area contributed by atoms with E-state index < -0.39 is 39.4 Å². The molecule has 9 heteroatoms. The van der Waals surface area contributed by atoms with Crippen molar-refractivity contribution in [2.24, 2.45) is 5.92 Å². The van der Waals surface area contributed by atoms with Gasteiger partial charge in [-0.25, -0.2) is 8.42 Å². The Balaban J connectivity index is 1.96. The van der Waals surface area contributed by atoms with Crippen molar-refractivity contribution in [3.63, 3.8) is 0 Å². The molecule has 2 heterocycles. The zero-order valence-electron chi connectivity index (χ0n) is 17.9. The third-order valence-electron chi connectivity index (χ3n) is 5.12. The highest BCUT2D eigenvalue weighted by Gasteiger charge is 2.42. The minimum Gasteiger partial charge on any atom is -0.422 e. The quantitative estimate of drug-likeness (QED) is 0.494. The molecule has 1 saturated heterocycles. The van der Waals surface area contributed by atoms with Crippen LogP contribution in [0, 0.1) is 5.92 Å². The van der Waals surface area contributed by atoms with Crippen molar-refractivity contribution >= 4 is 27.7 Å². The summed E-state index contributed by atoms with van der Waals surface area (Å²) in [5.74, 6) is -4.17. The number of aromatic nitrogens is 1. The molecule has 2 aromatic rings. The van der Waals surface area contributed by atoms with Gasteiger partial charge >= 0.3 is 11.9 Å². The summed E-state index contributed by atoms with van der Waals surface area (Å²) in [6.07, 6.45) is 4.88. The molecule has 0 saturated carbocycles. The summed E-state index contributed by atoms with van der Waals surface area (Å²) in [5.41, 5.74) is 1.23. The number of esters is 2. The Morgan fingerprint density at radius 3 is 2.19 bits per heavy atom. The van der Waals surface area contributed by atoms with Gasteiger partial charge < -0.3 is 9.47 Å². The standard InChI is InChI=1S/C22H25NO7S/c1-5-15-14(9-11-17-20(25)29-22(2,3)30-21(17)26)8-10-16(18(15)31(4,27)28)19(24)23-12-6-7-13-23/h6-8,10,12-13,17H,5,9,11H2,1-4H3. The van der Waals surface area contributed by atoms with Crippen LogP contribution in [0.15, 0.2) is 41.6 Å². The molecule has 0 aliphatic carbocycles. The van der Waals surface area contributed by atoms with Gasteiger partial charge in [0.15, 0.2) is 15.8 Å². The first-order chi connectivity index (χ1) is 14.4. The number of hydrogen-bond donors (Lipinski definition) is 0. The zero-order valence-corrected chi connectivity index (χ0v) is 18.7. The third-order valence-corrected chi connectivity index (χ3v) is 6.32. The van der Waals surface area contributed by atoms with Crippen LogP contribution < -0.4 is 0 Å². The van der Waals surface area contributed by atoms with Gasteiger partial charge in [-0.2, -0.15) is 0 Å². The van der Waals surface area contributed by atoms with E-state index in [-0.39, 0.29) is 23.3 Å². The SMILES string of the molecule is CCc1c(CCC2C(=O)OC(C)(C)OC2=O)ccc(C(=O)n2cccc2)c1S(C)(=O)=O. The molecule has 0 amide bonds. The molecule has 0 unspecified atom stereocenters. The first-order valence-corrected chi connectivity index (χ1v) is 11.8. The van der Waals surface area contributed by atoms with Crippen molar-refractivity contribution in [1.82, 2.24) is 4.57 Å². The van der Waals surface area contributed by atoms with Crippen LogP contribution in [0.2, 0.25) is 0 Å². The first kappa shape index (κ1) is 22.7. The third kappa shape index (κ3) is 4.71. The number of carbonyl (C=O) groups excluding carboxylic acids is 3. The van der Waals surface area contributed by atoms with Crippen LogP contribution in [0.3, 0.4) is 0 Å². The molecule has 0 bridgehead atoms. The maximum atomic E-state index is 12.9. The lowest BCUT2D eigenvalue weighted by atomic mass is 9.93. The molecule has 0 radical (unpaired) electrons. The maximum Gasteiger partial charge on any atom is 0.323 e. The molecule has 0 N–H and O–H groups in total. The summed E-state index contributed by atoms with van der Waals surface area (Å²) in [6.45, 7) is 4.75. The Kier molecular flexibility index (Phi) is 6.09. The number of ether oxygens (including phenoxy) is 2. The Hall–Kier alpha value is -2.94. The predicted molar refractivity (Wildman–Crippen MR) is 111 cm³/mol. The summed E-state index contributed by atoms with van der Waals surface area (Å²) in [5, 5.41) is 0. The largest absolute Gasteiger partial charge is 0.422 e. The van der Waals surface area contributed by atoms with Gasteiger partial charge in [0.1, 0.15) is 0 Å². The van der Waals surface area contributed by atoms with Crippen molar-refractivity contribution in [3.05, 3.63) is 53.3 Å². The molecule has 0 spiro atoms. The van der Waals surface area contributed by atoms with Crippen LogP contribution >= 0.6 is 0 Å². The van der Waals surface area contributed by atoms with Gasteiger partial charge in [0.05, 0.1) is 10.5 Å². The minimum atomic E-state index is -3.73. The van der Waals surface area contributed by atoms with E-state index in [4.69, 9.17) is 9.47 Å². The number of aryl methyl sites for hydroxylation is 1. The van der Waals surface area contributed by atoms with E-state index >= 15 is 0 Å². The molecular weight excluding hydrogens is 422 g/mol. The second kappa shape index (κ2) is 8.30. The first-order valence-electron chi connectivity index (χ1n) is 9.93. The summed E-state index contributed by atoms with van der Waals surface area (Å²) in [7, 11) is -3.73. The molecule has 31 heavy (non-hydrogen) atoms. The minimum absolute atomic E-state index is 0.0267. The van der Waals surface area contributed by atoms with Crippen LogP contribution in [0.25, 0.3) is 0 Å². The van der Waals surface area contributed by atoms with E-state index in [0.29, 0.717) is 17.5 Å². The summed E-state index contributed by atoms with van der Waals surface area (Å²) >= 11 is 0. The van der Waals surface area contributed by atoms with E-state index in [0.717, 1.165) is 6.26 Å². The molecule has 1 aromatic heterocycles. The van der Waals surface area contributed by atoms with E-state index in [9.17, 15) is 22.8 Å². The second-order valence-electron chi connectivity index (χ2n) is 7.93. The Labute approximate surface area is 181 Å². The zero-order chi connectivity index (χ0) is 23.0. The number of cyclic esters (lactones) is 2. The van der Waals surface area contributed by atoms with Crippen molar-refractivity contribution < 1.29 is 32.3 Å². The lowest BCUT2D eigenvalue weighted by molar-refractivity contribution is -0.240. The fraction of sp³-hybridized carbons (Fsp3) is 0.409. The van der Waals surface area contributed by atoms with E-state index in [2.05, 4.69) is 0 Å². The van der Waals surface area contributed by atoms with Crippen LogP contribution in [0.4, 0.5) is 0 Å². The van der Waals surface area contributed by atoms with Crippen LogP contribution in [0.5, 0.6) is 0 Å². The molecule has 1 aliphatic rings. The van der Waals surface area contributed by atoms with Gasteiger partial charge in [0.2, 0.25) is 0 Å². The highest BCUT2D eigenvalue weighted by atomic mass is 32.2. The monoisotopic (exact) mass is 447 g/mol. The van der Waals surface area contributed by atoms with Gasteiger partial charge in [0, 0.05) is 32.5 Å². The molecule has 1 aromatic carbocycles. The Morgan fingerprint density at radius 1 is 1.10 bits per heavy atom. The van der Waals surface area contributed by atoms with Crippen LogP contribution in [0.1, 0.15) is 48.7 Å². The fourth-order valence-electron chi connectivity index (χ4n) is 3.77. The molecule has 3 rings (SSSR count). The number of nitrogens with zero attached hydrogens (tertiary/aromatic N) is 1. The number of hydrogen-bond acceptors (Lipinski definition) is 7. The van der Waals surface area contributed by atoms with Crippen molar-refractivity contribution in [2.45, 2.75) is 50.7 Å². The average Bonchev–Trinajstić information content (AvgIpc) is 3.19. The smallest absolute Gasteiger partial charge is 0.323 e. The van der Waals surface area contributed by atoms with Crippen molar-refractivity contribution in [1.29, 1.82) is 0 Å². The van der Waals surface area contributed by atoms with Crippen LogP contribution in [-0.2, 0) is 41.7 Å². The summed E-state index contributed by atoms with van der Waals surface area (Å²) in [6, 6.07) is 6.51. The highest BCUT2D eigenvalue weighted by molar-refractivity contribution is 7.90. The Bertz CT molecular complexity index is 1110. The molecule has 166 valence electrons. The molecule has 0 atom stereocenters. The number of benzene rings is 1. The fourth-order valence-corrected chi connectivity index (χ4v) is 5.05. The van der Waals surface area contributed by atoms with Gasteiger partial charge in [-0.05, 0) is 48.6 Å². The highest BCUT2D eigenvalue weighted by Crippen LogP contribution is 2.30. The molecule has 1 fully saturated rings. The molecular formula is C22H25NO7S. The topological polar surface area (TPSA) is 109 Å². The van der Waals surface area contributed by atoms with E-state index in [1.165, 1.54) is 24.5 Å². The maximum absolute atomic E-state index is 12.9. The number of rotatable bonds is 6. The van der Waals surface area contributed by atoms with Crippen molar-refractivity contribution in [3.8, 4) is 0 Å². The molecule has 8 nitrogen and oxygen atoms in total. The lowest BCUT2D eigenvalue weighted by Gasteiger charge is -2.33. The molecule has 1 aliphatic heterocycles. The van der Waals surface area contributed by atoms with E-state index in [1.54, 1.807) is 37.5 Å². The normalized spacial score (nSPS) is 16.6.